The van der Waals surface area contributed by atoms with Gasteiger partial charge in [-0.2, -0.15) is 5.10 Å². The van der Waals surface area contributed by atoms with Crippen molar-refractivity contribution in [2.75, 3.05) is 4.72 Å². The van der Waals surface area contributed by atoms with Crippen LogP contribution in [0, 0.1) is 13.8 Å². The van der Waals surface area contributed by atoms with Crippen molar-refractivity contribution >= 4 is 26.5 Å². The van der Waals surface area contributed by atoms with Gasteiger partial charge in [0, 0.05) is 17.6 Å². The number of anilines is 1. The van der Waals surface area contributed by atoms with Gasteiger partial charge in [0.05, 0.1) is 11.4 Å². The summed E-state index contributed by atoms with van der Waals surface area (Å²) in [6.45, 7) is 7.39. The molecule has 0 fully saturated rings. The van der Waals surface area contributed by atoms with E-state index in [1.54, 1.807) is 23.2 Å². The highest BCUT2D eigenvalue weighted by Crippen LogP contribution is 2.22. The molecule has 0 atom stereocenters. The highest BCUT2D eigenvalue weighted by Gasteiger charge is 2.22. The Hall–Kier alpha value is -1.41. The standard InChI is InChI=1S/C11H16N4O2S2/c1-7(2)15-5-10(9(4)13-15)19(16,17)14-11-12-8(3)6-18-11/h5-7H,1-4H3,(H,12,14). The summed E-state index contributed by atoms with van der Waals surface area (Å²) in [7, 11) is -3.63. The van der Waals surface area contributed by atoms with Crippen molar-refractivity contribution in [3.63, 3.8) is 0 Å². The molecular formula is C11H16N4O2S2. The third-order valence-corrected chi connectivity index (χ3v) is 4.98. The number of sulfonamides is 1. The maximum atomic E-state index is 12.3. The smallest absolute Gasteiger partial charge is 0.267 e. The predicted octanol–water partition coefficient (Wildman–Crippen LogP) is 2.34. The first-order valence-corrected chi connectivity index (χ1v) is 8.16. The Morgan fingerprint density at radius 2 is 2.05 bits per heavy atom. The lowest BCUT2D eigenvalue weighted by Gasteiger charge is -2.04. The molecule has 2 aromatic rings. The molecule has 2 aromatic heterocycles. The Morgan fingerprint density at radius 1 is 1.37 bits per heavy atom. The first kappa shape index (κ1) is 14.0. The van der Waals surface area contributed by atoms with Gasteiger partial charge in [-0.05, 0) is 27.7 Å². The van der Waals surface area contributed by atoms with Gasteiger partial charge in [-0.3, -0.25) is 9.40 Å². The van der Waals surface area contributed by atoms with Crippen molar-refractivity contribution in [2.24, 2.45) is 0 Å². The van der Waals surface area contributed by atoms with Gasteiger partial charge in [0.1, 0.15) is 4.90 Å². The Balaban J connectivity index is 2.34. The van der Waals surface area contributed by atoms with E-state index in [2.05, 4.69) is 14.8 Å². The predicted molar refractivity (Wildman–Crippen MR) is 75.0 cm³/mol. The summed E-state index contributed by atoms with van der Waals surface area (Å²) in [5, 5.41) is 6.37. The third-order valence-electron chi connectivity index (χ3n) is 2.53. The van der Waals surface area contributed by atoms with Crippen molar-refractivity contribution < 1.29 is 8.42 Å². The molecule has 8 heteroatoms. The van der Waals surface area contributed by atoms with Gasteiger partial charge in [-0.15, -0.1) is 11.3 Å². The quantitative estimate of drug-likeness (QED) is 0.940. The van der Waals surface area contributed by atoms with E-state index in [0.717, 1.165) is 5.69 Å². The highest BCUT2D eigenvalue weighted by molar-refractivity contribution is 7.93. The van der Waals surface area contributed by atoms with Crippen molar-refractivity contribution in [1.29, 1.82) is 0 Å². The number of nitrogens with one attached hydrogen (secondary N) is 1. The van der Waals surface area contributed by atoms with Crippen molar-refractivity contribution in [3.05, 3.63) is 23.0 Å². The summed E-state index contributed by atoms with van der Waals surface area (Å²) < 4.78 is 28.7. The number of rotatable bonds is 4. The van der Waals surface area contributed by atoms with E-state index in [-0.39, 0.29) is 10.9 Å². The Kier molecular flexibility index (Phi) is 3.64. The van der Waals surface area contributed by atoms with Crippen LogP contribution < -0.4 is 4.72 Å². The maximum absolute atomic E-state index is 12.3. The molecular weight excluding hydrogens is 284 g/mol. The van der Waals surface area contributed by atoms with Crippen LogP contribution in [-0.2, 0) is 10.0 Å². The minimum Gasteiger partial charge on any atom is -0.269 e. The van der Waals surface area contributed by atoms with Crippen molar-refractivity contribution in [2.45, 2.75) is 38.6 Å². The lowest BCUT2D eigenvalue weighted by molar-refractivity contribution is 0.528. The van der Waals surface area contributed by atoms with Crippen molar-refractivity contribution in [3.8, 4) is 0 Å². The maximum Gasteiger partial charge on any atom is 0.267 e. The van der Waals surface area contributed by atoms with E-state index in [4.69, 9.17) is 0 Å². The largest absolute Gasteiger partial charge is 0.269 e. The van der Waals surface area contributed by atoms with Gasteiger partial charge in [0.2, 0.25) is 0 Å². The van der Waals surface area contributed by atoms with Crippen LogP contribution in [0.5, 0.6) is 0 Å². The molecule has 0 aliphatic carbocycles. The number of nitrogens with zero attached hydrogens (tertiary/aromatic N) is 3. The van der Waals surface area contributed by atoms with Crippen LogP contribution >= 0.6 is 11.3 Å². The van der Waals surface area contributed by atoms with E-state index in [9.17, 15) is 8.42 Å². The summed E-state index contributed by atoms with van der Waals surface area (Å²) in [6.07, 6.45) is 1.54. The molecule has 2 heterocycles. The van der Waals surface area contributed by atoms with Gasteiger partial charge < -0.3 is 0 Å². The average molecular weight is 300 g/mol. The molecule has 0 spiro atoms. The van der Waals surface area contributed by atoms with Gasteiger partial charge in [-0.25, -0.2) is 13.4 Å². The fraction of sp³-hybridized carbons (Fsp3) is 0.455. The number of hydrogen-bond acceptors (Lipinski definition) is 5. The van der Waals surface area contributed by atoms with Crippen LogP contribution in [0.2, 0.25) is 0 Å². The SMILES string of the molecule is Cc1csc(NS(=O)(=O)c2cn(C(C)C)nc2C)n1. The first-order chi connectivity index (χ1) is 8.79. The normalized spacial score (nSPS) is 12.1. The van der Waals surface area contributed by atoms with Gasteiger partial charge in [-0.1, -0.05) is 0 Å². The highest BCUT2D eigenvalue weighted by atomic mass is 32.2. The Bertz CT molecular complexity index is 685. The van der Waals surface area contributed by atoms with Crippen LogP contribution in [0.3, 0.4) is 0 Å². The van der Waals surface area contributed by atoms with Gasteiger partial charge in [0.25, 0.3) is 10.0 Å². The molecule has 0 saturated carbocycles. The molecule has 0 unspecified atom stereocenters. The molecule has 19 heavy (non-hydrogen) atoms. The third kappa shape index (κ3) is 2.95. The van der Waals surface area contributed by atoms with Crippen LogP contribution in [0.4, 0.5) is 5.13 Å². The number of aryl methyl sites for hydroxylation is 2. The Morgan fingerprint density at radius 3 is 2.53 bits per heavy atom. The number of hydrogen-bond donors (Lipinski definition) is 1. The van der Waals surface area contributed by atoms with Gasteiger partial charge in [0.15, 0.2) is 5.13 Å². The minimum absolute atomic E-state index is 0.116. The zero-order chi connectivity index (χ0) is 14.2. The molecule has 104 valence electrons. The zero-order valence-electron chi connectivity index (χ0n) is 11.2. The molecule has 1 N–H and O–H groups in total. The van der Waals surface area contributed by atoms with Crippen LogP contribution in [0.1, 0.15) is 31.3 Å². The topological polar surface area (TPSA) is 76.9 Å². The van der Waals surface area contributed by atoms with Crippen LogP contribution in [0.25, 0.3) is 0 Å². The van der Waals surface area contributed by atoms with E-state index < -0.39 is 10.0 Å². The van der Waals surface area contributed by atoms with Crippen LogP contribution in [0.15, 0.2) is 16.5 Å². The van der Waals surface area contributed by atoms with Gasteiger partial charge >= 0.3 is 0 Å². The molecule has 0 aliphatic rings. The van der Waals surface area contributed by atoms with E-state index in [1.165, 1.54) is 11.3 Å². The monoisotopic (exact) mass is 300 g/mol. The molecule has 0 bridgehead atoms. The molecule has 0 radical (unpaired) electrons. The lowest BCUT2D eigenvalue weighted by Crippen LogP contribution is -2.13. The number of aromatic nitrogens is 3. The molecule has 6 nitrogen and oxygen atoms in total. The first-order valence-electron chi connectivity index (χ1n) is 5.80. The molecule has 0 aliphatic heterocycles. The van der Waals surface area contributed by atoms with E-state index >= 15 is 0 Å². The number of thiazole rings is 1. The second-order valence-electron chi connectivity index (χ2n) is 4.55. The fourth-order valence-electron chi connectivity index (χ4n) is 1.56. The lowest BCUT2D eigenvalue weighted by atomic mass is 10.4. The molecule has 2 rings (SSSR count). The molecule has 0 aromatic carbocycles. The summed E-state index contributed by atoms with van der Waals surface area (Å²) in [4.78, 5) is 4.28. The Labute approximate surface area is 116 Å². The summed E-state index contributed by atoms with van der Waals surface area (Å²) in [6, 6.07) is 0.116. The fourth-order valence-corrected chi connectivity index (χ4v) is 3.68. The summed E-state index contributed by atoms with van der Waals surface area (Å²) in [5.74, 6) is 0. The second-order valence-corrected chi connectivity index (χ2v) is 7.06. The van der Waals surface area contributed by atoms with Crippen molar-refractivity contribution in [1.82, 2.24) is 14.8 Å². The zero-order valence-corrected chi connectivity index (χ0v) is 12.8. The summed E-state index contributed by atoms with van der Waals surface area (Å²) >= 11 is 1.26. The van der Waals surface area contributed by atoms with E-state index in [1.807, 2.05) is 20.8 Å². The molecule has 0 amide bonds. The second kappa shape index (κ2) is 4.93. The van der Waals surface area contributed by atoms with Crippen LogP contribution in [-0.4, -0.2) is 23.2 Å². The molecule has 0 saturated heterocycles. The van der Waals surface area contributed by atoms with E-state index in [0.29, 0.717) is 10.8 Å². The minimum atomic E-state index is -3.63. The average Bonchev–Trinajstić information content (AvgIpc) is 2.85. The summed E-state index contributed by atoms with van der Waals surface area (Å²) in [5.41, 5.74) is 1.27.